The summed E-state index contributed by atoms with van der Waals surface area (Å²) >= 11 is 0. The second kappa shape index (κ2) is 8.00. The Balaban J connectivity index is 2.18. The van der Waals surface area contributed by atoms with Crippen LogP contribution in [-0.2, 0) is 4.79 Å². The summed E-state index contributed by atoms with van der Waals surface area (Å²) in [5, 5.41) is 3.08. The van der Waals surface area contributed by atoms with Gasteiger partial charge in [-0.15, -0.1) is 0 Å². The van der Waals surface area contributed by atoms with Gasteiger partial charge >= 0.3 is 0 Å². The van der Waals surface area contributed by atoms with E-state index in [1.54, 1.807) is 0 Å². The molecule has 0 aromatic heterocycles. The number of rotatable bonds is 6. The van der Waals surface area contributed by atoms with Crippen LogP contribution in [0.5, 0.6) is 5.75 Å². The van der Waals surface area contributed by atoms with Gasteiger partial charge in [0.1, 0.15) is 5.75 Å². The average Bonchev–Trinajstić information content (AvgIpc) is 2.54. The Morgan fingerprint density at radius 1 is 1.12 bits per heavy atom. The molecule has 0 aliphatic heterocycles. The van der Waals surface area contributed by atoms with Crippen LogP contribution in [0.3, 0.4) is 0 Å². The van der Waals surface area contributed by atoms with Crippen LogP contribution >= 0.6 is 0 Å². The third-order valence-electron chi connectivity index (χ3n) is 4.11. The van der Waals surface area contributed by atoms with E-state index in [4.69, 9.17) is 4.74 Å². The Labute approximate surface area is 145 Å². The van der Waals surface area contributed by atoms with Crippen LogP contribution in [-0.4, -0.2) is 12.0 Å². The summed E-state index contributed by atoms with van der Waals surface area (Å²) in [6.45, 7) is 10.2. The van der Waals surface area contributed by atoms with Crippen LogP contribution in [0.4, 0.5) is 5.69 Å². The highest BCUT2D eigenvalue weighted by molar-refractivity contribution is 5.95. The number of nitrogens with one attached hydrogen (secondary N) is 1. The lowest BCUT2D eigenvalue weighted by atomic mass is 9.98. The molecule has 0 spiro atoms. The van der Waals surface area contributed by atoms with Crippen molar-refractivity contribution in [2.45, 2.75) is 53.1 Å². The first-order valence-corrected chi connectivity index (χ1v) is 8.56. The highest BCUT2D eigenvalue weighted by atomic mass is 16.5. The minimum atomic E-state index is -0.508. The predicted octanol–water partition coefficient (Wildman–Crippen LogP) is 5.22. The van der Waals surface area contributed by atoms with Crippen molar-refractivity contribution in [3.63, 3.8) is 0 Å². The molecule has 1 amide bonds. The summed E-state index contributed by atoms with van der Waals surface area (Å²) in [6, 6.07) is 13.9. The summed E-state index contributed by atoms with van der Waals surface area (Å²) < 4.78 is 5.91. The Kier molecular flexibility index (Phi) is 6.02. The van der Waals surface area contributed by atoms with Gasteiger partial charge in [0.15, 0.2) is 6.10 Å². The molecule has 24 heavy (non-hydrogen) atoms. The summed E-state index contributed by atoms with van der Waals surface area (Å²) in [7, 11) is 0. The molecule has 0 saturated heterocycles. The van der Waals surface area contributed by atoms with E-state index in [-0.39, 0.29) is 5.91 Å². The van der Waals surface area contributed by atoms with Crippen LogP contribution in [0.15, 0.2) is 42.5 Å². The van der Waals surface area contributed by atoms with Crippen molar-refractivity contribution in [2.24, 2.45) is 0 Å². The zero-order chi connectivity index (χ0) is 17.7. The normalized spacial score (nSPS) is 12.1. The van der Waals surface area contributed by atoms with E-state index < -0.39 is 6.10 Å². The molecule has 0 aliphatic carbocycles. The summed E-state index contributed by atoms with van der Waals surface area (Å²) in [6.07, 6.45) is 0.106. The van der Waals surface area contributed by atoms with Gasteiger partial charge in [-0.3, -0.25) is 4.79 Å². The van der Waals surface area contributed by atoms with Gasteiger partial charge in [0, 0.05) is 5.69 Å². The molecule has 3 heteroatoms. The molecule has 1 unspecified atom stereocenters. The van der Waals surface area contributed by atoms with E-state index in [0.29, 0.717) is 12.3 Å². The van der Waals surface area contributed by atoms with E-state index in [9.17, 15) is 4.79 Å². The predicted molar refractivity (Wildman–Crippen MR) is 99.8 cm³/mol. The van der Waals surface area contributed by atoms with Crippen LogP contribution in [0, 0.1) is 13.8 Å². The fourth-order valence-corrected chi connectivity index (χ4v) is 2.72. The van der Waals surface area contributed by atoms with E-state index in [1.807, 2.05) is 57.2 Å². The van der Waals surface area contributed by atoms with Crippen molar-refractivity contribution in [1.29, 1.82) is 0 Å². The Morgan fingerprint density at radius 3 is 2.46 bits per heavy atom. The molecule has 0 bridgehead atoms. The number of hydrogen-bond acceptors (Lipinski definition) is 2. The van der Waals surface area contributed by atoms with Crippen LogP contribution in [0.25, 0.3) is 0 Å². The minimum absolute atomic E-state index is 0.102. The number of amides is 1. The molecular formula is C21H27NO2. The monoisotopic (exact) mass is 325 g/mol. The maximum Gasteiger partial charge on any atom is 0.265 e. The maximum atomic E-state index is 12.7. The van der Waals surface area contributed by atoms with Crippen LogP contribution in [0.2, 0.25) is 0 Å². The fraction of sp³-hybridized carbons (Fsp3) is 0.381. The summed E-state index contributed by atoms with van der Waals surface area (Å²) in [4.78, 5) is 12.7. The molecular weight excluding hydrogens is 298 g/mol. The van der Waals surface area contributed by atoms with E-state index >= 15 is 0 Å². The highest BCUT2D eigenvalue weighted by Crippen LogP contribution is 2.28. The van der Waals surface area contributed by atoms with Gasteiger partial charge in [0.25, 0.3) is 5.91 Å². The lowest BCUT2D eigenvalue weighted by Gasteiger charge is -2.21. The Bertz CT molecular complexity index is 707. The van der Waals surface area contributed by atoms with Crippen molar-refractivity contribution >= 4 is 11.6 Å². The van der Waals surface area contributed by atoms with Gasteiger partial charge < -0.3 is 10.1 Å². The van der Waals surface area contributed by atoms with Gasteiger partial charge in [-0.2, -0.15) is 0 Å². The van der Waals surface area contributed by atoms with Crippen molar-refractivity contribution < 1.29 is 9.53 Å². The number of carbonyl (C=O) groups excluding carboxylic acids is 1. The Hall–Kier alpha value is -2.29. The number of hydrogen-bond donors (Lipinski definition) is 1. The topological polar surface area (TPSA) is 38.3 Å². The zero-order valence-corrected chi connectivity index (χ0v) is 15.2. The maximum absolute atomic E-state index is 12.7. The van der Waals surface area contributed by atoms with Crippen LogP contribution in [0.1, 0.15) is 49.8 Å². The molecule has 128 valence electrons. The van der Waals surface area contributed by atoms with Crippen molar-refractivity contribution in [2.75, 3.05) is 5.32 Å². The first kappa shape index (κ1) is 18.1. The molecule has 3 nitrogen and oxygen atoms in total. The van der Waals surface area contributed by atoms with E-state index in [2.05, 4.69) is 25.2 Å². The third kappa shape index (κ3) is 4.38. The molecule has 2 aromatic rings. The fourth-order valence-electron chi connectivity index (χ4n) is 2.72. The lowest BCUT2D eigenvalue weighted by molar-refractivity contribution is -0.122. The van der Waals surface area contributed by atoms with Gasteiger partial charge in [-0.05, 0) is 55.0 Å². The first-order chi connectivity index (χ1) is 11.4. The third-order valence-corrected chi connectivity index (χ3v) is 4.11. The van der Waals surface area contributed by atoms with Gasteiger partial charge in [0.05, 0.1) is 0 Å². The SMILES string of the molecule is CCC(Oc1cccc(C)c1)C(=O)Nc1c(C)cccc1C(C)C. The molecule has 1 atom stereocenters. The number of para-hydroxylation sites is 1. The first-order valence-electron chi connectivity index (χ1n) is 8.56. The van der Waals surface area contributed by atoms with Crippen LogP contribution < -0.4 is 10.1 Å². The largest absolute Gasteiger partial charge is 0.481 e. The number of benzene rings is 2. The molecule has 1 N–H and O–H groups in total. The van der Waals surface area contributed by atoms with Gasteiger partial charge in [-0.25, -0.2) is 0 Å². The number of aryl methyl sites for hydroxylation is 2. The van der Waals surface area contributed by atoms with E-state index in [0.717, 1.165) is 28.1 Å². The summed E-state index contributed by atoms with van der Waals surface area (Å²) in [5.41, 5.74) is 4.24. The van der Waals surface area contributed by atoms with Crippen molar-refractivity contribution in [3.05, 3.63) is 59.2 Å². The smallest absolute Gasteiger partial charge is 0.265 e. The molecule has 2 aromatic carbocycles. The second-order valence-electron chi connectivity index (χ2n) is 6.51. The standard InChI is InChI=1S/C21H27NO2/c1-6-19(24-17-11-7-9-15(4)13-17)21(23)22-20-16(5)10-8-12-18(20)14(2)3/h7-14,19H,6H2,1-5H3,(H,22,23). The van der Waals surface area contributed by atoms with E-state index in [1.165, 1.54) is 0 Å². The molecule has 0 aliphatic rings. The van der Waals surface area contributed by atoms with Crippen molar-refractivity contribution in [3.8, 4) is 5.75 Å². The highest BCUT2D eigenvalue weighted by Gasteiger charge is 2.21. The second-order valence-corrected chi connectivity index (χ2v) is 6.51. The quantitative estimate of drug-likeness (QED) is 0.790. The van der Waals surface area contributed by atoms with Gasteiger partial charge in [-0.1, -0.05) is 51.1 Å². The number of ether oxygens (including phenoxy) is 1. The number of anilines is 1. The van der Waals surface area contributed by atoms with Gasteiger partial charge in [0.2, 0.25) is 0 Å². The summed E-state index contributed by atoms with van der Waals surface area (Å²) in [5.74, 6) is 0.971. The Morgan fingerprint density at radius 2 is 1.83 bits per heavy atom. The molecule has 0 fully saturated rings. The zero-order valence-electron chi connectivity index (χ0n) is 15.2. The minimum Gasteiger partial charge on any atom is -0.481 e. The number of carbonyl (C=O) groups is 1. The lowest BCUT2D eigenvalue weighted by Crippen LogP contribution is -2.33. The molecule has 2 rings (SSSR count). The molecule has 0 saturated carbocycles. The molecule has 0 heterocycles. The average molecular weight is 325 g/mol. The van der Waals surface area contributed by atoms with Crippen molar-refractivity contribution in [1.82, 2.24) is 0 Å². The molecule has 0 radical (unpaired) electrons.